The van der Waals surface area contributed by atoms with Gasteiger partial charge in [0, 0.05) is 0 Å². The molecule has 1 heteroatoms. The lowest BCUT2D eigenvalue weighted by Crippen LogP contribution is -2.10. The Morgan fingerprint density at radius 3 is 2.21 bits per heavy atom. The summed E-state index contributed by atoms with van der Waals surface area (Å²) in [5.41, 5.74) is 6.05. The van der Waals surface area contributed by atoms with Crippen LogP contribution in [-0.2, 0) is 6.42 Å². The van der Waals surface area contributed by atoms with Gasteiger partial charge in [0.1, 0.15) is 0 Å². The molecule has 0 N–H and O–H groups in total. The van der Waals surface area contributed by atoms with Gasteiger partial charge in [-0.05, 0) is 70.5 Å². The average molecular weight is 370 g/mol. The fourth-order valence-corrected chi connectivity index (χ4v) is 4.37. The van der Waals surface area contributed by atoms with Crippen LogP contribution in [0.4, 0.5) is 0 Å². The predicted octanol–water partition coefficient (Wildman–Crippen LogP) is 7.84. The van der Waals surface area contributed by atoms with Crippen LogP contribution >= 0.6 is 0 Å². The van der Waals surface area contributed by atoms with E-state index in [1.807, 2.05) is 38.1 Å². The van der Waals surface area contributed by atoms with Crippen molar-refractivity contribution in [1.29, 1.82) is 5.26 Å². The molecule has 1 fully saturated rings. The van der Waals surface area contributed by atoms with Crippen molar-refractivity contribution in [2.45, 2.75) is 59.3 Å². The number of rotatable bonds is 3. The van der Waals surface area contributed by atoms with E-state index in [0.717, 1.165) is 11.5 Å². The van der Waals surface area contributed by atoms with Gasteiger partial charge < -0.3 is 0 Å². The van der Waals surface area contributed by atoms with Crippen LogP contribution < -0.4 is 0 Å². The predicted molar refractivity (Wildman–Crippen MR) is 120 cm³/mol. The fraction of sp³-hybridized carbons (Fsp3) is 0.370. The van der Waals surface area contributed by atoms with Crippen molar-refractivity contribution in [2.75, 3.05) is 0 Å². The normalized spacial score (nSPS) is 14.2. The molecule has 4 rings (SSSR count). The molecule has 0 atom stereocenters. The molecular formula is C27H31N. The molecule has 3 aromatic rings. The minimum absolute atomic E-state index is 0.706. The van der Waals surface area contributed by atoms with Crippen molar-refractivity contribution in [1.82, 2.24) is 0 Å². The Morgan fingerprint density at radius 2 is 1.54 bits per heavy atom. The highest BCUT2D eigenvalue weighted by molar-refractivity contribution is 5.90. The van der Waals surface area contributed by atoms with E-state index in [0.29, 0.717) is 5.56 Å². The molecule has 0 saturated heterocycles. The Labute approximate surface area is 170 Å². The molecule has 0 bridgehead atoms. The third kappa shape index (κ3) is 4.45. The van der Waals surface area contributed by atoms with Gasteiger partial charge in [0.2, 0.25) is 0 Å². The summed E-state index contributed by atoms with van der Waals surface area (Å²) in [6.45, 7) is 6.28. The summed E-state index contributed by atoms with van der Waals surface area (Å²) in [5.74, 6) is 0.873. The minimum atomic E-state index is 0.706. The molecule has 1 saturated carbocycles. The SMILES string of the molecule is CC.Cc1c(CC2CCCCC2)ccc2cc(-c3ccc(C#N)cc3)ccc12. The smallest absolute Gasteiger partial charge is 0.0991 e. The molecule has 0 aliphatic heterocycles. The van der Waals surface area contributed by atoms with Crippen LogP contribution in [0.3, 0.4) is 0 Å². The van der Waals surface area contributed by atoms with E-state index in [-0.39, 0.29) is 0 Å². The Morgan fingerprint density at radius 1 is 0.857 bits per heavy atom. The summed E-state index contributed by atoms with van der Waals surface area (Å²) in [6, 6.07) is 21.4. The summed E-state index contributed by atoms with van der Waals surface area (Å²) in [7, 11) is 0. The van der Waals surface area contributed by atoms with Crippen LogP contribution in [0.5, 0.6) is 0 Å². The molecule has 0 spiro atoms. The molecule has 28 heavy (non-hydrogen) atoms. The fourth-order valence-electron chi connectivity index (χ4n) is 4.37. The molecule has 0 unspecified atom stereocenters. The number of fused-ring (bicyclic) bond motifs is 1. The van der Waals surface area contributed by atoms with Crippen molar-refractivity contribution in [3.05, 3.63) is 71.3 Å². The molecule has 0 heterocycles. The van der Waals surface area contributed by atoms with E-state index in [1.54, 1.807) is 0 Å². The van der Waals surface area contributed by atoms with Crippen LogP contribution in [0.1, 0.15) is 62.6 Å². The van der Waals surface area contributed by atoms with Crippen LogP contribution in [0, 0.1) is 24.2 Å². The zero-order chi connectivity index (χ0) is 19.9. The molecule has 1 nitrogen and oxygen atoms in total. The van der Waals surface area contributed by atoms with Crippen molar-refractivity contribution in [2.24, 2.45) is 5.92 Å². The van der Waals surface area contributed by atoms with Crippen molar-refractivity contribution in [3.63, 3.8) is 0 Å². The Bertz CT molecular complexity index is 954. The number of aryl methyl sites for hydroxylation is 1. The topological polar surface area (TPSA) is 23.8 Å². The van der Waals surface area contributed by atoms with Gasteiger partial charge >= 0.3 is 0 Å². The molecule has 0 amide bonds. The second kappa shape index (κ2) is 9.56. The first-order valence-electron chi connectivity index (χ1n) is 10.8. The largest absolute Gasteiger partial charge is 0.192 e. The van der Waals surface area contributed by atoms with Crippen LogP contribution in [0.15, 0.2) is 54.6 Å². The van der Waals surface area contributed by atoms with Gasteiger partial charge in [0.25, 0.3) is 0 Å². The standard InChI is InChI=1S/C25H25N.C2H6/c1-18-22(15-19-5-3-2-4-6-19)11-12-24-16-23(13-14-25(18)24)21-9-7-20(17-26)8-10-21;1-2/h7-14,16,19H,2-6,15H2,1H3;1-2H3. The van der Waals surface area contributed by atoms with E-state index in [1.165, 1.54) is 66.0 Å². The summed E-state index contributed by atoms with van der Waals surface area (Å²) in [5, 5.41) is 11.6. The van der Waals surface area contributed by atoms with Gasteiger partial charge in [-0.25, -0.2) is 0 Å². The second-order valence-electron chi connectivity index (χ2n) is 7.68. The molecule has 0 radical (unpaired) electrons. The van der Waals surface area contributed by atoms with Gasteiger partial charge in [-0.3, -0.25) is 0 Å². The van der Waals surface area contributed by atoms with E-state index in [2.05, 4.69) is 43.3 Å². The van der Waals surface area contributed by atoms with E-state index in [4.69, 9.17) is 5.26 Å². The van der Waals surface area contributed by atoms with Gasteiger partial charge in [-0.1, -0.05) is 82.3 Å². The molecular weight excluding hydrogens is 338 g/mol. The van der Waals surface area contributed by atoms with Gasteiger partial charge in [0.15, 0.2) is 0 Å². The van der Waals surface area contributed by atoms with E-state index < -0.39 is 0 Å². The lowest BCUT2D eigenvalue weighted by molar-refractivity contribution is 0.356. The summed E-state index contributed by atoms with van der Waals surface area (Å²) >= 11 is 0. The first-order valence-corrected chi connectivity index (χ1v) is 10.8. The average Bonchev–Trinajstić information content (AvgIpc) is 2.78. The second-order valence-corrected chi connectivity index (χ2v) is 7.68. The number of benzene rings is 3. The molecule has 1 aliphatic rings. The maximum absolute atomic E-state index is 8.96. The lowest BCUT2D eigenvalue weighted by atomic mass is 9.83. The summed E-state index contributed by atoms with van der Waals surface area (Å²) < 4.78 is 0. The van der Waals surface area contributed by atoms with E-state index in [9.17, 15) is 0 Å². The zero-order valence-corrected chi connectivity index (χ0v) is 17.5. The third-order valence-electron chi connectivity index (χ3n) is 5.98. The van der Waals surface area contributed by atoms with Crippen molar-refractivity contribution < 1.29 is 0 Å². The molecule has 144 valence electrons. The summed E-state index contributed by atoms with van der Waals surface area (Å²) in [6.07, 6.45) is 8.27. The van der Waals surface area contributed by atoms with Gasteiger partial charge in [-0.15, -0.1) is 0 Å². The number of hydrogen-bond donors (Lipinski definition) is 0. The monoisotopic (exact) mass is 369 g/mol. The van der Waals surface area contributed by atoms with Crippen molar-refractivity contribution >= 4 is 10.8 Å². The Kier molecular flexibility index (Phi) is 6.88. The zero-order valence-electron chi connectivity index (χ0n) is 17.5. The number of nitriles is 1. The van der Waals surface area contributed by atoms with Crippen LogP contribution in [0.25, 0.3) is 21.9 Å². The lowest BCUT2D eigenvalue weighted by Gasteiger charge is -2.22. The number of nitrogens with zero attached hydrogens (tertiary/aromatic N) is 1. The van der Waals surface area contributed by atoms with Gasteiger partial charge in [0.05, 0.1) is 11.6 Å². The first kappa shape index (κ1) is 20.2. The Hall–Kier alpha value is -2.59. The maximum Gasteiger partial charge on any atom is 0.0991 e. The molecule has 3 aromatic carbocycles. The van der Waals surface area contributed by atoms with Gasteiger partial charge in [-0.2, -0.15) is 5.26 Å². The van der Waals surface area contributed by atoms with Crippen LogP contribution in [-0.4, -0.2) is 0 Å². The Balaban J connectivity index is 0.00000109. The highest BCUT2D eigenvalue weighted by Gasteiger charge is 2.15. The highest BCUT2D eigenvalue weighted by Crippen LogP contribution is 2.32. The van der Waals surface area contributed by atoms with Crippen molar-refractivity contribution in [3.8, 4) is 17.2 Å². The quantitative estimate of drug-likeness (QED) is 0.461. The summed E-state index contributed by atoms with van der Waals surface area (Å²) in [4.78, 5) is 0. The molecule has 1 aliphatic carbocycles. The minimum Gasteiger partial charge on any atom is -0.192 e. The molecule has 0 aromatic heterocycles. The third-order valence-corrected chi connectivity index (χ3v) is 5.98. The van der Waals surface area contributed by atoms with Crippen LogP contribution in [0.2, 0.25) is 0 Å². The van der Waals surface area contributed by atoms with E-state index >= 15 is 0 Å². The highest BCUT2D eigenvalue weighted by atomic mass is 14.2. The first-order chi connectivity index (χ1) is 13.7. The number of hydrogen-bond acceptors (Lipinski definition) is 1. The maximum atomic E-state index is 8.96.